The largest absolute Gasteiger partial charge is 0.492 e. The van der Waals surface area contributed by atoms with Crippen LogP contribution in [0.2, 0.25) is 0 Å². The molecule has 0 atom stereocenters. The fourth-order valence-electron chi connectivity index (χ4n) is 1.98. The maximum absolute atomic E-state index is 5.71. The summed E-state index contributed by atoms with van der Waals surface area (Å²) in [5.74, 6) is 0.830. The zero-order valence-corrected chi connectivity index (χ0v) is 11.7. The van der Waals surface area contributed by atoms with Crippen molar-refractivity contribution in [3.05, 3.63) is 53.6 Å². The molecule has 0 spiro atoms. The zero-order chi connectivity index (χ0) is 13.8. The molecule has 3 aromatic rings. The van der Waals surface area contributed by atoms with E-state index >= 15 is 0 Å². The third kappa shape index (κ3) is 2.83. The molecule has 102 valence electrons. The molecule has 1 aromatic carbocycles. The van der Waals surface area contributed by atoms with E-state index in [0.29, 0.717) is 6.61 Å². The van der Waals surface area contributed by atoms with Crippen molar-refractivity contribution in [1.82, 2.24) is 9.55 Å². The molecule has 0 amide bonds. The van der Waals surface area contributed by atoms with E-state index in [0.717, 1.165) is 23.7 Å². The van der Waals surface area contributed by atoms with E-state index in [9.17, 15) is 0 Å². The average Bonchev–Trinajstić information content (AvgIpc) is 3.11. The van der Waals surface area contributed by atoms with Crippen molar-refractivity contribution >= 4 is 17.0 Å². The van der Waals surface area contributed by atoms with E-state index in [1.54, 1.807) is 11.3 Å². The number of nitrogen functional groups attached to an aromatic ring is 1. The lowest BCUT2D eigenvalue weighted by Crippen LogP contribution is -2.08. The zero-order valence-electron chi connectivity index (χ0n) is 10.9. The van der Waals surface area contributed by atoms with E-state index in [1.807, 2.05) is 36.8 Å². The summed E-state index contributed by atoms with van der Waals surface area (Å²) >= 11 is 1.68. The Morgan fingerprint density at radius 3 is 2.80 bits per heavy atom. The number of anilines is 1. The first kappa shape index (κ1) is 12.7. The Hall–Kier alpha value is -2.27. The van der Waals surface area contributed by atoms with Gasteiger partial charge in [-0.3, -0.25) is 0 Å². The number of hydrogen-bond acceptors (Lipinski definition) is 4. The van der Waals surface area contributed by atoms with Crippen LogP contribution in [0.4, 0.5) is 5.69 Å². The second-order valence-electron chi connectivity index (χ2n) is 4.40. The van der Waals surface area contributed by atoms with Crippen LogP contribution in [0.5, 0.6) is 5.75 Å². The van der Waals surface area contributed by atoms with Crippen LogP contribution in [-0.4, -0.2) is 16.2 Å². The third-order valence-electron chi connectivity index (χ3n) is 3.01. The Balaban J connectivity index is 1.62. The lowest BCUT2D eigenvalue weighted by molar-refractivity contribution is 0.299. The molecular formula is C15H15N3OS. The van der Waals surface area contributed by atoms with Crippen molar-refractivity contribution in [2.24, 2.45) is 0 Å². The molecule has 0 bridgehead atoms. The fraction of sp³-hybridized carbons (Fsp3) is 0.133. The first-order valence-electron chi connectivity index (χ1n) is 6.34. The van der Waals surface area contributed by atoms with Gasteiger partial charge in [0.05, 0.1) is 24.8 Å². The first-order chi connectivity index (χ1) is 9.83. The van der Waals surface area contributed by atoms with Crippen molar-refractivity contribution in [2.45, 2.75) is 6.54 Å². The van der Waals surface area contributed by atoms with E-state index in [1.165, 1.54) is 5.56 Å². The molecule has 20 heavy (non-hydrogen) atoms. The number of imidazole rings is 1. The van der Waals surface area contributed by atoms with Gasteiger partial charge < -0.3 is 15.0 Å². The van der Waals surface area contributed by atoms with Crippen LogP contribution in [0.15, 0.2) is 53.6 Å². The maximum atomic E-state index is 5.71. The lowest BCUT2D eigenvalue weighted by Gasteiger charge is -2.09. The smallest absolute Gasteiger partial charge is 0.119 e. The van der Waals surface area contributed by atoms with Crippen molar-refractivity contribution in [1.29, 1.82) is 0 Å². The highest BCUT2D eigenvalue weighted by Gasteiger charge is 2.05. The van der Waals surface area contributed by atoms with Crippen molar-refractivity contribution in [2.75, 3.05) is 12.3 Å². The molecule has 2 heterocycles. The standard InChI is InChI=1S/C15H15N3OS/c16-13-1-3-14(4-2-13)19-7-6-18-11-17-9-15(18)12-5-8-20-10-12/h1-5,8-11H,6-7,16H2. The van der Waals surface area contributed by atoms with E-state index < -0.39 is 0 Å². The molecular weight excluding hydrogens is 270 g/mol. The molecule has 4 nitrogen and oxygen atoms in total. The van der Waals surface area contributed by atoms with Crippen LogP contribution in [0.3, 0.4) is 0 Å². The lowest BCUT2D eigenvalue weighted by atomic mass is 10.2. The molecule has 2 N–H and O–H groups in total. The molecule has 0 aliphatic carbocycles. The van der Waals surface area contributed by atoms with Crippen LogP contribution in [0, 0.1) is 0 Å². The Bertz CT molecular complexity index is 659. The highest BCUT2D eigenvalue weighted by molar-refractivity contribution is 7.08. The van der Waals surface area contributed by atoms with Crippen molar-refractivity contribution in [3.8, 4) is 17.0 Å². The molecule has 0 aliphatic rings. The van der Waals surface area contributed by atoms with Crippen molar-refractivity contribution < 1.29 is 4.74 Å². The number of ether oxygens (including phenoxy) is 1. The molecule has 0 unspecified atom stereocenters. The van der Waals surface area contributed by atoms with Gasteiger partial charge in [-0.15, -0.1) is 0 Å². The quantitative estimate of drug-likeness (QED) is 0.732. The van der Waals surface area contributed by atoms with Gasteiger partial charge in [0.1, 0.15) is 12.4 Å². The number of nitrogens with zero attached hydrogens (tertiary/aromatic N) is 2. The second-order valence-corrected chi connectivity index (χ2v) is 5.18. The predicted octanol–water partition coefficient (Wildman–Crippen LogP) is 3.27. The Morgan fingerprint density at radius 1 is 1.20 bits per heavy atom. The maximum Gasteiger partial charge on any atom is 0.119 e. The van der Waals surface area contributed by atoms with Gasteiger partial charge in [0.25, 0.3) is 0 Å². The van der Waals surface area contributed by atoms with Gasteiger partial charge in [0, 0.05) is 16.6 Å². The van der Waals surface area contributed by atoms with Gasteiger partial charge >= 0.3 is 0 Å². The highest BCUT2D eigenvalue weighted by Crippen LogP contribution is 2.21. The minimum atomic E-state index is 0.595. The third-order valence-corrected chi connectivity index (χ3v) is 3.69. The Kier molecular flexibility index (Phi) is 3.69. The number of aromatic nitrogens is 2. The number of hydrogen-bond donors (Lipinski definition) is 1. The Labute approximate surface area is 121 Å². The van der Waals surface area contributed by atoms with Crippen LogP contribution in [-0.2, 0) is 6.54 Å². The molecule has 2 aromatic heterocycles. The van der Waals surface area contributed by atoms with Crippen LogP contribution < -0.4 is 10.5 Å². The first-order valence-corrected chi connectivity index (χ1v) is 7.28. The van der Waals surface area contributed by atoms with Gasteiger partial charge in [0.2, 0.25) is 0 Å². The minimum Gasteiger partial charge on any atom is -0.492 e. The number of thiophene rings is 1. The summed E-state index contributed by atoms with van der Waals surface area (Å²) in [7, 11) is 0. The normalized spacial score (nSPS) is 10.6. The molecule has 0 fully saturated rings. The van der Waals surface area contributed by atoms with Gasteiger partial charge in [-0.2, -0.15) is 11.3 Å². The van der Waals surface area contributed by atoms with Gasteiger partial charge in [-0.25, -0.2) is 4.98 Å². The van der Waals surface area contributed by atoms with E-state index in [2.05, 4.69) is 26.4 Å². The topological polar surface area (TPSA) is 53.1 Å². The predicted molar refractivity (Wildman–Crippen MR) is 81.9 cm³/mol. The minimum absolute atomic E-state index is 0.595. The molecule has 0 saturated carbocycles. The monoisotopic (exact) mass is 285 g/mol. The Morgan fingerprint density at radius 2 is 2.05 bits per heavy atom. The van der Waals surface area contributed by atoms with Gasteiger partial charge in [-0.1, -0.05) is 0 Å². The summed E-state index contributed by atoms with van der Waals surface area (Å²) in [6.07, 6.45) is 3.71. The highest BCUT2D eigenvalue weighted by atomic mass is 32.1. The van der Waals surface area contributed by atoms with E-state index in [4.69, 9.17) is 10.5 Å². The molecule has 0 radical (unpaired) electrons. The van der Waals surface area contributed by atoms with Crippen molar-refractivity contribution in [3.63, 3.8) is 0 Å². The number of nitrogens with two attached hydrogens (primary N) is 1. The van der Waals surface area contributed by atoms with Crippen LogP contribution in [0.25, 0.3) is 11.3 Å². The van der Waals surface area contributed by atoms with E-state index in [-0.39, 0.29) is 0 Å². The molecule has 0 saturated heterocycles. The summed E-state index contributed by atoms with van der Waals surface area (Å²) in [6, 6.07) is 9.53. The second kappa shape index (κ2) is 5.79. The SMILES string of the molecule is Nc1ccc(OCCn2cncc2-c2ccsc2)cc1. The molecule has 5 heteroatoms. The summed E-state index contributed by atoms with van der Waals surface area (Å²) in [6.45, 7) is 1.35. The van der Waals surface area contributed by atoms with Crippen LogP contribution in [0.1, 0.15) is 0 Å². The number of benzene rings is 1. The number of rotatable bonds is 5. The van der Waals surface area contributed by atoms with Gasteiger partial charge in [-0.05, 0) is 35.7 Å². The summed E-state index contributed by atoms with van der Waals surface area (Å²) < 4.78 is 7.80. The molecule has 3 rings (SSSR count). The van der Waals surface area contributed by atoms with Crippen LogP contribution >= 0.6 is 11.3 Å². The summed E-state index contributed by atoms with van der Waals surface area (Å²) in [4.78, 5) is 4.21. The molecule has 0 aliphatic heterocycles. The summed E-state index contributed by atoms with van der Waals surface area (Å²) in [5.41, 5.74) is 8.69. The van der Waals surface area contributed by atoms with Gasteiger partial charge in [0.15, 0.2) is 0 Å². The average molecular weight is 285 g/mol. The fourth-order valence-corrected chi connectivity index (χ4v) is 2.63. The summed E-state index contributed by atoms with van der Waals surface area (Å²) in [5, 5.41) is 4.19.